The number of halogens is 1. The minimum absolute atomic E-state index is 0.0820. The molecule has 1 aliphatic carbocycles. The van der Waals surface area contributed by atoms with Gasteiger partial charge in [-0.3, -0.25) is 4.79 Å². The van der Waals surface area contributed by atoms with E-state index in [0.717, 1.165) is 36.9 Å². The normalized spacial score (nSPS) is 18.4. The Morgan fingerprint density at radius 1 is 1.50 bits per heavy atom. The number of rotatable bonds is 6. The Morgan fingerprint density at radius 2 is 2.30 bits per heavy atom. The fourth-order valence-electron chi connectivity index (χ4n) is 2.83. The number of esters is 1. The van der Waals surface area contributed by atoms with Gasteiger partial charge in [0.1, 0.15) is 5.75 Å². The number of aryl methyl sites for hydroxylation is 1. The first kappa shape index (κ1) is 15.4. The maximum Gasteiger partial charge on any atom is 0.308 e. The molecule has 0 bridgehead atoms. The average Bonchev–Trinajstić information content (AvgIpc) is 2.89. The highest BCUT2D eigenvalue weighted by molar-refractivity contribution is 9.09. The van der Waals surface area contributed by atoms with E-state index in [1.807, 2.05) is 13.0 Å². The van der Waals surface area contributed by atoms with Crippen LogP contribution in [0.25, 0.3) is 0 Å². The summed E-state index contributed by atoms with van der Waals surface area (Å²) in [4.78, 5) is 11.7. The molecule has 0 saturated heterocycles. The average molecular weight is 341 g/mol. The van der Waals surface area contributed by atoms with Crippen molar-refractivity contribution in [1.29, 1.82) is 0 Å². The largest absolute Gasteiger partial charge is 0.494 e. The molecule has 2 rings (SSSR count). The smallest absolute Gasteiger partial charge is 0.308 e. The van der Waals surface area contributed by atoms with Crippen molar-refractivity contribution in [2.45, 2.75) is 32.1 Å². The molecule has 0 aliphatic heterocycles. The van der Waals surface area contributed by atoms with Crippen molar-refractivity contribution in [3.05, 3.63) is 29.3 Å². The number of carbonyl (C=O) groups excluding carboxylic acids is 1. The van der Waals surface area contributed by atoms with Gasteiger partial charge in [0.15, 0.2) is 0 Å². The molecule has 110 valence electrons. The van der Waals surface area contributed by atoms with E-state index < -0.39 is 0 Å². The summed E-state index contributed by atoms with van der Waals surface area (Å²) < 4.78 is 10.6. The Balaban J connectivity index is 2.08. The van der Waals surface area contributed by atoms with E-state index in [1.54, 1.807) is 0 Å². The van der Waals surface area contributed by atoms with Crippen molar-refractivity contribution in [1.82, 2.24) is 0 Å². The van der Waals surface area contributed by atoms with Crippen molar-refractivity contribution in [2.75, 3.05) is 19.0 Å². The molecular weight excluding hydrogens is 320 g/mol. The van der Waals surface area contributed by atoms with Crippen molar-refractivity contribution >= 4 is 21.9 Å². The Kier molecular flexibility index (Phi) is 5.46. The van der Waals surface area contributed by atoms with Crippen LogP contribution in [0.15, 0.2) is 18.2 Å². The Labute approximate surface area is 128 Å². The van der Waals surface area contributed by atoms with E-state index in [1.165, 1.54) is 18.2 Å². The first-order valence-corrected chi connectivity index (χ1v) is 8.19. The van der Waals surface area contributed by atoms with Gasteiger partial charge in [0.2, 0.25) is 0 Å². The second-order valence-corrected chi connectivity index (χ2v) is 6.00. The van der Waals surface area contributed by atoms with Crippen LogP contribution in [0.4, 0.5) is 0 Å². The number of ether oxygens (including phenoxy) is 2. The van der Waals surface area contributed by atoms with E-state index in [2.05, 4.69) is 28.1 Å². The zero-order chi connectivity index (χ0) is 14.5. The zero-order valence-corrected chi connectivity index (χ0v) is 13.6. The highest BCUT2D eigenvalue weighted by Crippen LogP contribution is 2.40. The first-order chi connectivity index (χ1) is 9.67. The van der Waals surface area contributed by atoms with Crippen LogP contribution in [0.3, 0.4) is 0 Å². The first-order valence-electron chi connectivity index (χ1n) is 7.06. The number of hydrogen-bond acceptors (Lipinski definition) is 3. The van der Waals surface area contributed by atoms with Gasteiger partial charge in [-0.15, -0.1) is 0 Å². The van der Waals surface area contributed by atoms with Crippen LogP contribution in [0.5, 0.6) is 5.75 Å². The van der Waals surface area contributed by atoms with Crippen LogP contribution in [0, 0.1) is 5.92 Å². The highest BCUT2D eigenvalue weighted by Gasteiger charge is 2.31. The summed E-state index contributed by atoms with van der Waals surface area (Å²) in [7, 11) is 1.45. The summed E-state index contributed by atoms with van der Waals surface area (Å²) in [6.45, 7) is 2.68. The van der Waals surface area contributed by atoms with Gasteiger partial charge in [0, 0.05) is 5.33 Å². The summed E-state index contributed by atoms with van der Waals surface area (Å²) in [6.07, 6.45) is 3.02. The molecule has 4 heteroatoms. The predicted molar refractivity (Wildman–Crippen MR) is 82.6 cm³/mol. The Morgan fingerprint density at radius 3 is 3.00 bits per heavy atom. The van der Waals surface area contributed by atoms with E-state index in [4.69, 9.17) is 9.47 Å². The molecule has 0 N–H and O–H groups in total. The van der Waals surface area contributed by atoms with Gasteiger partial charge in [0.05, 0.1) is 19.6 Å². The molecule has 20 heavy (non-hydrogen) atoms. The number of carbonyl (C=O) groups is 1. The van der Waals surface area contributed by atoms with Gasteiger partial charge in [0.25, 0.3) is 0 Å². The van der Waals surface area contributed by atoms with Crippen LogP contribution in [-0.2, 0) is 16.0 Å². The fourth-order valence-corrected chi connectivity index (χ4v) is 3.06. The number of fused-ring (bicyclic) bond motifs is 1. The molecule has 0 heterocycles. The zero-order valence-electron chi connectivity index (χ0n) is 12.0. The summed E-state index contributed by atoms with van der Waals surface area (Å²) in [5.41, 5.74) is 2.58. The van der Waals surface area contributed by atoms with Gasteiger partial charge < -0.3 is 9.47 Å². The van der Waals surface area contributed by atoms with Crippen molar-refractivity contribution in [2.24, 2.45) is 5.92 Å². The minimum atomic E-state index is -0.125. The summed E-state index contributed by atoms with van der Waals surface area (Å²) >= 11 is 3.39. The van der Waals surface area contributed by atoms with Gasteiger partial charge in [-0.1, -0.05) is 28.9 Å². The van der Waals surface area contributed by atoms with Gasteiger partial charge in [-0.2, -0.15) is 0 Å². The van der Waals surface area contributed by atoms with Crippen LogP contribution >= 0.6 is 15.9 Å². The summed E-state index contributed by atoms with van der Waals surface area (Å²) in [5, 5.41) is 0.955. The number of benzene rings is 1. The minimum Gasteiger partial charge on any atom is -0.494 e. The van der Waals surface area contributed by atoms with E-state index in [0.29, 0.717) is 0 Å². The SMILES string of the molecule is COC(=O)[C@@H](C)[C@@H]1CCc2cc(OCCCBr)ccc21. The van der Waals surface area contributed by atoms with Crippen LogP contribution in [-0.4, -0.2) is 25.0 Å². The lowest BCUT2D eigenvalue weighted by atomic mass is 9.89. The fraction of sp³-hybridized carbons (Fsp3) is 0.562. The molecule has 0 fully saturated rings. The molecule has 1 aromatic rings. The molecular formula is C16H21BrO3. The Bertz CT molecular complexity index is 473. The molecule has 2 atom stereocenters. The van der Waals surface area contributed by atoms with Gasteiger partial charge in [-0.25, -0.2) is 0 Å². The quantitative estimate of drug-likeness (QED) is 0.450. The topological polar surface area (TPSA) is 35.5 Å². The van der Waals surface area contributed by atoms with Crippen molar-refractivity contribution < 1.29 is 14.3 Å². The third-order valence-corrected chi connectivity index (χ3v) is 4.52. The third kappa shape index (κ3) is 3.35. The number of methoxy groups -OCH3 is 1. The standard InChI is InChI=1S/C16H21BrO3/c1-11(16(18)19-2)14-6-4-12-10-13(5-7-15(12)14)20-9-3-8-17/h5,7,10-11,14H,3-4,6,8-9H2,1-2H3/t11-,14-/m0/s1. The molecule has 0 amide bonds. The Hall–Kier alpha value is -1.03. The van der Waals surface area contributed by atoms with E-state index >= 15 is 0 Å². The van der Waals surface area contributed by atoms with Crippen molar-refractivity contribution in [3.63, 3.8) is 0 Å². The maximum atomic E-state index is 11.7. The summed E-state index contributed by atoms with van der Waals surface area (Å²) in [6, 6.07) is 6.23. The predicted octanol–water partition coefficient (Wildman–Crippen LogP) is 3.69. The molecule has 0 saturated carbocycles. The lowest BCUT2D eigenvalue weighted by molar-refractivity contribution is -0.145. The van der Waals surface area contributed by atoms with Crippen molar-refractivity contribution in [3.8, 4) is 5.75 Å². The monoisotopic (exact) mass is 340 g/mol. The molecule has 1 aromatic carbocycles. The highest BCUT2D eigenvalue weighted by atomic mass is 79.9. The molecule has 0 radical (unpaired) electrons. The van der Waals surface area contributed by atoms with Crippen LogP contribution < -0.4 is 4.74 Å². The second kappa shape index (κ2) is 7.11. The molecule has 1 aliphatic rings. The van der Waals surface area contributed by atoms with Gasteiger partial charge >= 0.3 is 5.97 Å². The number of alkyl halides is 1. The molecule has 3 nitrogen and oxygen atoms in total. The second-order valence-electron chi connectivity index (χ2n) is 5.21. The van der Waals surface area contributed by atoms with E-state index in [-0.39, 0.29) is 17.8 Å². The van der Waals surface area contributed by atoms with Crippen LogP contribution in [0.1, 0.15) is 36.8 Å². The maximum absolute atomic E-state index is 11.7. The van der Waals surface area contributed by atoms with Crippen LogP contribution in [0.2, 0.25) is 0 Å². The molecule has 0 unspecified atom stereocenters. The lowest BCUT2D eigenvalue weighted by Gasteiger charge is -2.18. The molecule has 0 spiro atoms. The van der Waals surface area contributed by atoms with E-state index in [9.17, 15) is 4.79 Å². The van der Waals surface area contributed by atoms with Gasteiger partial charge in [-0.05, 0) is 48.4 Å². The summed E-state index contributed by atoms with van der Waals surface area (Å²) in [5.74, 6) is 0.993. The third-order valence-electron chi connectivity index (χ3n) is 3.96. The number of hydrogen-bond donors (Lipinski definition) is 0. The molecule has 0 aromatic heterocycles. The lowest BCUT2D eigenvalue weighted by Crippen LogP contribution is -2.19.